The van der Waals surface area contributed by atoms with Crippen molar-refractivity contribution in [3.8, 4) is 0 Å². The van der Waals surface area contributed by atoms with E-state index >= 15 is 0 Å². The van der Waals surface area contributed by atoms with Gasteiger partial charge in [0.05, 0.1) is 0 Å². The number of rotatable bonds is 4. The van der Waals surface area contributed by atoms with E-state index < -0.39 is 0 Å². The fourth-order valence-corrected chi connectivity index (χ4v) is 1.22. The summed E-state index contributed by atoms with van der Waals surface area (Å²) >= 11 is 0. The molecule has 1 aromatic carbocycles. The van der Waals surface area contributed by atoms with Crippen LogP contribution in [0.25, 0.3) is 6.08 Å². The minimum atomic E-state index is -0.349. The molecule has 0 heterocycles. The topological polar surface area (TPSA) is 26.3 Å². The second kappa shape index (κ2) is 5.91. The minimum absolute atomic E-state index is 0.246. The molecule has 16 heavy (non-hydrogen) atoms. The zero-order chi connectivity index (χ0) is 12.0. The van der Waals surface area contributed by atoms with E-state index in [2.05, 4.69) is 13.5 Å². The maximum Gasteiger partial charge on any atom is 0.331 e. The number of benzene rings is 1. The number of aryl methyl sites for hydroxylation is 2. The molecule has 0 spiro atoms. The normalized spacial score (nSPS) is 10.4. The first-order chi connectivity index (χ1) is 7.63. The molecule has 0 aliphatic carbocycles. The van der Waals surface area contributed by atoms with Gasteiger partial charge in [-0.3, -0.25) is 0 Å². The lowest BCUT2D eigenvalue weighted by Crippen LogP contribution is -1.99. The quantitative estimate of drug-likeness (QED) is 0.439. The third kappa shape index (κ3) is 3.73. The molecule has 0 amide bonds. The smallest absolute Gasteiger partial charge is 0.331 e. The van der Waals surface area contributed by atoms with Gasteiger partial charge in [0, 0.05) is 6.08 Å². The zero-order valence-electron chi connectivity index (χ0n) is 9.69. The van der Waals surface area contributed by atoms with Crippen LogP contribution in [0.3, 0.4) is 0 Å². The summed E-state index contributed by atoms with van der Waals surface area (Å²) < 4.78 is 4.82. The Kier molecular flexibility index (Phi) is 4.52. The predicted octanol–water partition coefficient (Wildman–Crippen LogP) is 3.05. The van der Waals surface area contributed by atoms with E-state index in [1.54, 1.807) is 12.2 Å². The summed E-state index contributed by atoms with van der Waals surface area (Å²) in [7, 11) is 0. The molecular weight excluding hydrogens is 200 g/mol. The number of hydrogen-bond donors (Lipinski definition) is 0. The second-order valence-electron chi connectivity index (χ2n) is 3.60. The lowest BCUT2D eigenvalue weighted by atomic mass is 10.1. The Labute approximate surface area is 96.2 Å². The maximum absolute atomic E-state index is 11.2. The summed E-state index contributed by atoms with van der Waals surface area (Å²) in [5, 5.41) is 0. The summed E-state index contributed by atoms with van der Waals surface area (Å²) in [6.07, 6.45) is 4.72. The van der Waals surface area contributed by atoms with E-state index in [4.69, 9.17) is 4.74 Å². The van der Waals surface area contributed by atoms with Crippen LogP contribution < -0.4 is 0 Å². The summed E-state index contributed by atoms with van der Waals surface area (Å²) in [6, 6.07) is 6.04. The van der Waals surface area contributed by atoms with Crippen molar-refractivity contribution in [2.75, 3.05) is 6.61 Å². The third-order valence-electron chi connectivity index (χ3n) is 2.29. The Morgan fingerprint density at radius 3 is 2.75 bits per heavy atom. The van der Waals surface area contributed by atoms with Gasteiger partial charge >= 0.3 is 5.97 Å². The lowest BCUT2D eigenvalue weighted by molar-refractivity contribution is -0.136. The van der Waals surface area contributed by atoms with Crippen LogP contribution in [0.4, 0.5) is 0 Å². The first-order valence-electron chi connectivity index (χ1n) is 5.16. The van der Waals surface area contributed by atoms with E-state index in [0.717, 1.165) is 5.56 Å². The van der Waals surface area contributed by atoms with E-state index in [0.29, 0.717) is 0 Å². The van der Waals surface area contributed by atoms with Crippen molar-refractivity contribution >= 4 is 12.0 Å². The summed E-state index contributed by atoms with van der Waals surface area (Å²) in [4.78, 5) is 11.2. The first-order valence-corrected chi connectivity index (χ1v) is 5.16. The molecule has 0 unspecified atom stereocenters. The van der Waals surface area contributed by atoms with E-state index in [9.17, 15) is 4.79 Å². The highest BCUT2D eigenvalue weighted by Crippen LogP contribution is 2.11. The van der Waals surface area contributed by atoms with Crippen molar-refractivity contribution in [3.63, 3.8) is 0 Å². The van der Waals surface area contributed by atoms with Crippen molar-refractivity contribution in [2.24, 2.45) is 0 Å². The molecule has 0 aromatic heterocycles. The monoisotopic (exact) mass is 216 g/mol. The number of esters is 1. The first kappa shape index (κ1) is 12.2. The molecule has 0 aliphatic heterocycles. The Hall–Kier alpha value is -1.83. The third-order valence-corrected chi connectivity index (χ3v) is 2.29. The largest absolute Gasteiger partial charge is 0.458 e. The Balaban J connectivity index is 2.65. The molecule has 1 rings (SSSR count). The number of hydrogen-bond acceptors (Lipinski definition) is 2. The van der Waals surface area contributed by atoms with Crippen molar-refractivity contribution in [1.29, 1.82) is 0 Å². The van der Waals surface area contributed by atoms with Crippen LogP contribution >= 0.6 is 0 Å². The lowest BCUT2D eigenvalue weighted by Gasteiger charge is -2.00. The summed E-state index contributed by atoms with van der Waals surface area (Å²) in [6.45, 7) is 7.82. The van der Waals surface area contributed by atoms with Crippen LogP contribution in [0, 0.1) is 13.8 Å². The summed E-state index contributed by atoms with van der Waals surface area (Å²) in [5.41, 5.74) is 3.45. The van der Waals surface area contributed by atoms with Gasteiger partial charge in [-0.2, -0.15) is 0 Å². The van der Waals surface area contributed by atoms with E-state index in [1.807, 2.05) is 25.1 Å². The van der Waals surface area contributed by atoms with Crippen molar-refractivity contribution in [1.82, 2.24) is 0 Å². The fraction of sp³-hybridized carbons (Fsp3) is 0.214. The van der Waals surface area contributed by atoms with E-state index in [1.165, 1.54) is 17.2 Å². The van der Waals surface area contributed by atoms with Gasteiger partial charge in [0.15, 0.2) is 0 Å². The number of ether oxygens (including phenoxy) is 1. The standard InChI is InChI=1S/C14H16O2/c1-4-9-16-14(15)8-7-13-6-5-11(2)12(3)10-13/h4-8,10H,1,9H2,2-3H3/b8-7+. The van der Waals surface area contributed by atoms with Gasteiger partial charge in [-0.1, -0.05) is 30.9 Å². The average molecular weight is 216 g/mol. The Bertz CT molecular complexity index is 417. The number of carbonyl (C=O) groups is 1. The van der Waals surface area contributed by atoms with E-state index in [-0.39, 0.29) is 12.6 Å². The molecule has 0 fully saturated rings. The SMILES string of the molecule is C=CCOC(=O)/C=C/c1ccc(C)c(C)c1. The van der Waals surface area contributed by atoms with Gasteiger partial charge in [-0.05, 0) is 36.6 Å². The van der Waals surface area contributed by atoms with Crippen molar-refractivity contribution < 1.29 is 9.53 Å². The van der Waals surface area contributed by atoms with Gasteiger partial charge in [-0.25, -0.2) is 4.79 Å². The van der Waals surface area contributed by atoms with Gasteiger partial charge in [0.25, 0.3) is 0 Å². The van der Waals surface area contributed by atoms with Gasteiger partial charge in [-0.15, -0.1) is 0 Å². The van der Waals surface area contributed by atoms with Crippen LogP contribution in [0.5, 0.6) is 0 Å². The molecule has 84 valence electrons. The van der Waals surface area contributed by atoms with Crippen molar-refractivity contribution in [3.05, 3.63) is 53.6 Å². The Morgan fingerprint density at radius 2 is 2.12 bits per heavy atom. The molecule has 0 aliphatic rings. The minimum Gasteiger partial charge on any atom is -0.458 e. The second-order valence-corrected chi connectivity index (χ2v) is 3.60. The highest BCUT2D eigenvalue weighted by molar-refractivity contribution is 5.87. The highest BCUT2D eigenvalue weighted by Gasteiger charge is 1.96. The molecule has 1 aromatic rings. The number of carbonyl (C=O) groups excluding carboxylic acids is 1. The Morgan fingerprint density at radius 1 is 1.38 bits per heavy atom. The van der Waals surface area contributed by atoms with Crippen LogP contribution in [0.2, 0.25) is 0 Å². The molecule has 0 atom stereocenters. The molecule has 2 heteroatoms. The predicted molar refractivity (Wildman–Crippen MR) is 66.1 cm³/mol. The molecular formula is C14H16O2. The van der Waals surface area contributed by atoms with Crippen LogP contribution in [0.1, 0.15) is 16.7 Å². The van der Waals surface area contributed by atoms with Crippen molar-refractivity contribution in [2.45, 2.75) is 13.8 Å². The molecule has 0 radical (unpaired) electrons. The maximum atomic E-state index is 11.2. The molecule has 0 saturated heterocycles. The van der Waals surface area contributed by atoms with Crippen LogP contribution in [0.15, 0.2) is 36.9 Å². The highest BCUT2D eigenvalue weighted by atomic mass is 16.5. The van der Waals surface area contributed by atoms with Gasteiger partial charge < -0.3 is 4.74 Å². The zero-order valence-corrected chi connectivity index (χ0v) is 9.69. The van der Waals surface area contributed by atoms with Crippen LogP contribution in [-0.2, 0) is 9.53 Å². The summed E-state index contributed by atoms with van der Waals surface area (Å²) in [5.74, 6) is -0.349. The van der Waals surface area contributed by atoms with Crippen LogP contribution in [-0.4, -0.2) is 12.6 Å². The molecule has 2 nitrogen and oxygen atoms in total. The molecule has 0 bridgehead atoms. The average Bonchev–Trinajstić information content (AvgIpc) is 2.28. The molecule has 0 N–H and O–H groups in total. The molecule has 0 saturated carbocycles. The van der Waals surface area contributed by atoms with Gasteiger partial charge in [0.2, 0.25) is 0 Å². The van der Waals surface area contributed by atoms with Gasteiger partial charge in [0.1, 0.15) is 6.61 Å². The fourth-order valence-electron chi connectivity index (χ4n) is 1.22.